The fourth-order valence-electron chi connectivity index (χ4n) is 3.96. The van der Waals surface area contributed by atoms with E-state index < -0.39 is 41.9 Å². The molecule has 0 aromatic heterocycles. The number of hydrogen-bond acceptors (Lipinski definition) is 8. The molecule has 46 heavy (non-hydrogen) atoms. The number of nitrogens with zero attached hydrogens (tertiary/aromatic N) is 1. The molecule has 12 nitrogen and oxygen atoms in total. The van der Waals surface area contributed by atoms with Crippen LogP contribution in [0.2, 0.25) is 0 Å². The van der Waals surface area contributed by atoms with E-state index in [1.165, 1.54) is 6.92 Å². The molecule has 0 fully saturated rings. The van der Waals surface area contributed by atoms with Gasteiger partial charge in [0.2, 0.25) is 11.9 Å². The lowest BCUT2D eigenvalue weighted by molar-refractivity contribution is -0.122. The van der Waals surface area contributed by atoms with Crippen LogP contribution in [0.3, 0.4) is 0 Å². The van der Waals surface area contributed by atoms with Gasteiger partial charge >= 0.3 is 18.3 Å². The Morgan fingerprint density at radius 1 is 0.696 bits per heavy atom. The number of aliphatic imine (C=N–C) groups is 1. The summed E-state index contributed by atoms with van der Waals surface area (Å²) in [6, 6.07) is 26.0. The van der Waals surface area contributed by atoms with Crippen molar-refractivity contribution in [3.05, 3.63) is 108 Å². The van der Waals surface area contributed by atoms with Crippen molar-refractivity contribution in [2.45, 2.75) is 65.0 Å². The number of hydrogen-bond donors (Lipinski definition) is 4. The lowest BCUT2D eigenvalue weighted by Crippen LogP contribution is -2.49. The van der Waals surface area contributed by atoms with Gasteiger partial charge in [-0.25, -0.2) is 19.4 Å². The van der Waals surface area contributed by atoms with Crippen LogP contribution in [0.15, 0.2) is 96.0 Å². The molecule has 0 aliphatic rings. The third kappa shape index (κ3) is 13.9. The second-order valence-corrected chi connectivity index (χ2v) is 11.3. The molecule has 0 aliphatic carbocycles. The quantitative estimate of drug-likeness (QED) is 0.134. The average molecular weight is 632 g/mol. The van der Waals surface area contributed by atoms with Crippen LogP contribution in [0.1, 0.15) is 44.4 Å². The summed E-state index contributed by atoms with van der Waals surface area (Å²) in [6.07, 6.45) is -2.11. The maximum Gasteiger partial charge on any atom is 0.414 e. The number of ether oxygens (including phenoxy) is 3. The lowest BCUT2D eigenvalue weighted by atomic mass is 10.1. The Labute approximate surface area is 268 Å². The standard InChI is InChI=1S/C34H41N5O7/c1-24(36-33(43)46-34(2,3)4)29(40)35-21-28(20-25-14-8-5-9-15-25)37-30(38-31(41)44-22-26-16-10-6-11-17-26)39-32(42)45-23-27-18-12-7-13-19-27/h5-19,24,28H,20-23H2,1-4H3,(H,35,40)(H,36,43)(H2,37,38,39,41,42)/t24-,28+/m1/s1. The zero-order chi connectivity index (χ0) is 33.4. The van der Waals surface area contributed by atoms with Crippen LogP contribution in [-0.2, 0) is 38.6 Å². The highest BCUT2D eigenvalue weighted by Gasteiger charge is 2.22. The zero-order valence-electron chi connectivity index (χ0n) is 26.4. The number of carbonyl (C=O) groups is 4. The Kier molecular flexibility index (Phi) is 13.6. The van der Waals surface area contributed by atoms with Crippen molar-refractivity contribution in [3.63, 3.8) is 0 Å². The summed E-state index contributed by atoms with van der Waals surface area (Å²) in [6.45, 7) is 6.66. The first-order valence-corrected chi connectivity index (χ1v) is 14.8. The Morgan fingerprint density at radius 3 is 1.61 bits per heavy atom. The zero-order valence-corrected chi connectivity index (χ0v) is 26.4. The minimum atomic E-state index is -0.909. The highest BCUT2D eigenvalue weighted by Crippen LogP contribution is 2.08. The van der Waals surface area contributed by atoms with E-state index in [0.717, 1.165) is 16.7 Å². The first-order chi connectivity index (χ1) is 22.0. The smallest absolute Gasteiger partial charge is 0.414 e. The molecule has 0 saturated carbocycles. The van der Waals surface area contributed by atoms with Crippen LogP contribution in [0.25, 0.3) is 0 Å². The van der Waals surface area contributed by atoms with E-state index in [4.69, 9.17) is 14.2 Å². The van der Waals surface area contributed by atoms with Gasteiger partial charge in [0.1, 0.15) is 24.9 Å². The van der Waals surface area contributed by atoms with E-state index in [2.05, 4.69) is 26.3 Å². The van der Waals surface area contributed by atoms with Gasteiger partial charge in [-0.05, 0) is 50.8 Å². The van der Waals surface area contributed by atoms with Crippen LogP contribution >= 0.6 is 0 Å². The molecule has 2 atom stereocenters. The number of nitrogens with one attached hydrogen (secondary N) is 4. The molecule has 0 saturated heterocycles. The number of carbonyl (C=O) groups excluding carboxylic acids is 4. The second-order valence-electron chi connectivity index (χ2n) is 11.3. The first-order valence-electron chi connectivity index (χ1n) is 14.8. The van der Waals surface area contributed by atoms with Crippen molar-refractivity contribution in [3.8, 4) is 0 Å². The molecule has 0 aliphatic heterocycles. The van der Waals surface area contributed by atoms with Gasteiger partial charge in [-0.15, -0.1) is 0 Å². The lowest BCUT2D eigenvalue weighted by Gasteiger charge is -2.22. The molecular weight excluding hydrogens is 590 g/mol. The van der Waals surface area contributed by atoms with Gasteiger partial charge in [-0.3, -0.25) is 15.4 Å². The van der Waals surface area contributed by atoms with Crippen molar-refractivity contribution in [1.29, 1.82) is 0 Å². The summed E-state index contributed by atoms with van der Waals surface area (Å²) in [5.41, 5.74) is 1.70. The fourth-order valence-corrected chi connectivity index (χ4v) is 3.96. The molecule has 0 bridgehead atoms. The summed E-state index contributed by atoms with van der Waals surface area (Å²) in [5, 5.41) is 10.2. The predicted octanol–water partition coefficient (Wildman–Crippen LogP) is 4.84. The minimum Gasteiger partial charge on any atom is -0.444 e. The van der Waals surface area contributed by atoms with Crippen LogP contribution in [0, 0.1) is 0 Å². The van der Waals surface area contributed by atoms with Crippen molar-refractivity contribution < 1.29 is 33.4 Å². The molecule has 0 heterocycles. The molecule has 4 amide bonds. The number of alkyl carbamates (subject to hydrolysis) is 3. The van der Waals surface area contributed by atoms with Gasteiger partial charge in [0.15, 0.2) is 0 Å². The molecule has 12 heteroatoms. The highest BCUT2D eigenvalue weighted by atomic mass is 16.6. The monoisotopic (exact) mass is 631 g/mol. The molecule has 3 aromatic rings. The van der Waals surface area contributed by atoms with Gasteiger partial charge in [-0.2, -0.15) is 0 Å². The van der Waals surface area contributed by atoms with Crippen molar-refractivity contribution in [1.82, 2.24) is 21.3 Å². The summed E-state index contributed by atoms with van der Waals surface area (Å²) in [5.74, 6) is -0.711. The molecule has 4 N–H and O–H groups in total. The van der Waals surface area contributed by atoms with Crippen molar-refractivity contribution in [2.75, 3.05) is 6.54 Å². The molecule has 0 spiro atoms. The maximum atomic E-state index is 12.9. The maximum absolute atomic E-state index is 12.9. The molecule has 3 aromatic carbocycles. The van der Waals surface area contributed by atoms with E-state index in [1.54, 1.807) is 45.0 Å². The molecule has 0 radical (unpaired) electrons. The van der Waals surface area contributed by atoms with E-state index >= 15 is 0 Å². The van der Waals surface area contributed by atoms with Gasteiger partial charge in [0.05, 0.1) is 6.04 Å². The fraction of sp³-hybridized carbons (Fsp3) is 0.324. The first kappa shape index (κ1) is 35.1. The van der Waals surface area contributed by atoms with E-state index in [0.29, 0.717) is 6.42 Å². The molecule has 3 rings (SSSR count). The van der Waals surface area contributed by atoms with E-state index in [-0.39, 0.29) is 25.7 Å². The highest BCUT2D eigenvalue weighted by molar-refractivity contribution is 6.01. The molecular formula is C34H41N5O7. The van der Waals surface area contributed by atoms with Crippen LogP contribution < -0.4 is 21.3 Å². The summed E-state index contributed by atoms with van der Waals surface area (Å²) >= 11 is 0. The largest absolute Gasteiger partial charge is 0.444 e. The topological polar surface area (TPSA) is 156 Å². The van der Waals surface area contributed by atoms with Gasteiger partial charge in [0.25, 0.3) is 0 Å². The van der Waals surface area contributed by atoms with Gasteiger partial charge in [0, 0.05) is 6.54 Å². The van der Waals surface area contributed by atoms with Crippen molar-refractivity contribution in [2.24, 2.45) is 4.99 Å². The number of guanidine groups is 1. The van der Waals surface area contributed by atoms with Crippen molar-refractivity contribution >= 4 is 30.1 Å². The molecule has 244 valence electrons. The number of rotatable bonds is 11. The summed E-state index contributed by atoms with van der Waals surface area (Å²) < 4.78 is 15.9. The second kappa shape index (κ2) is 17.8. The summed E-state index contributed by atoms with van der Waals surface area (Å²) in [4.78, 5) is 55.1. The molecule has 0 unspecified atom stereocenters. The Balaban J connectivity index is 1.75. The van der Waals surface area contributed by atoms with Crippen LogP contribution in [-0.4, -0.2) is 54.4 Å². The number of benzene rings is 3. The number of amides is 4. The normalized spacial score (nSPS) is 12.0. The third-order valence-corrected chi connectivity index (χ3v) is 6.13. The third-order valence-electron chi connectivity index (χ3n) is 6.13. The van der Waals surface area contributed by atoms with E-state index in [9.17, 15) is 19.2 Å². The Hall–Kier alpha value is -5.39. The Morgan fingerprint density at radius 2 is 1.15 bits per heavy atom. The average Bonchev–Trinajstić information content (AvgIpc) is 3.02. The van der Waals surface area contributed by atoms with Gasteiger partial charge < -0.3 is 24.8 Å². The van der Waals surface area contributed by atoms with Crippen LogP contribution in [0.4, 0.5) is 14.4 Å². The van der Waals surface area contributed by atoms with Gasteiger partial charge in [-0.1, -0.05) is 91.0 Å². The van der Waals surface area contributed by atoms with E-state index in [1.807, 2.05) is 66.7 Å². The van der Waals surface area contributed by atoms with Crippen LogP contribution in [0.5, 0.6) is 0 Å². The predicted molar refractivity (Wildman–Crippen MR) is 173 cm³/mol. The summed E-state index contributed by atoms with van der Waals surface area (Å²) in [7, 11) is 0. The minimum absolute atomic E-state index is 0.000940. The SMILES string of the molecule is C[C@@H](NC(=O)OC(C)(C)C)C(=O)NC[C@H](Cc1ccccc1)N=C(NC(=O)OCc1ccccc1)NC(=O)OCc1ccccc1. The Bertz CT molecular complexity index is 1390.